The molecular weight excluding hydrogens is 644 g/mol. The van der Waals surface area contributed by atoms with E-state index in [0.717, 1.165) is 32.7 Å². The lowest BCUT2D eigenvalue weighted by molar-refractivity contribution is -0.139. The number of aliphatic hydroxyl groups excluding tert-OH is 1. The zero-order valence-electron chi connectivity index (χ0n) is 29.2. The van der Waals surface area contributed by atoms with Gasteiger partial charge in [0.1, 0.15) is 24.8 Å². The van der Waals surface area contributed by atoms with Gasteiger partial charge < -0.3 is 25.4 Å². The Labute approximate surface area is 298 Å². The van der Waals surface area contributed by atoms with Gasteiger partial charge in [-0.3, -0.25) is 14.5 Å². The third kappa shape index (κ3) is 7.23. The number of aliphatic hydroxyl groups is 1. The second-order valence-corrected chi connectivity index (χ2v) is 13.7. The van der Waals surface area contributed by atoms with Crippen molar-refractivity contribution in [3.63, 3.8) is 0 Å². The number of ether oxygens (including phenoxy) is 1. The van der Waals surface area contributed by atoms with Crippen molar-refractivity contribution in [3.05, 3.63) is 131 Å². The molecule has 0 unspecified atom stereocenters. The summed E-state index contributed by atoms with van der Waals surface area (Å²) >= 11 is 0. The van der Waals surface area contributed by atoms with Crippen LogP contribution in [0.4, 0.5) is 9.59 Å². The molecule has 5 amide bonds. The second-order valence-electron chi connectivity index (χ2n) is 13.7. The van der Waals surface area contributed by atoms with Crippen LogP contribution in [0.1, 0.15) is 67.5 Å². The fourth-order valence-corrected chi connectivity index (χ4v) is 7.21. The lowest BCUT2D eigenvalue weighted by Crippen LogP contribution is -2.57. The summed E-state index contributed by atoms with van der Waals surface area (Å²) in [4.78, 5) is 58.1. The number of imide groups is 1. The van der Waals surface area contributed by atoms with E-state index in [1.165, 1.54) is 4.90 Å². The maximum Gasteiger partial charge on any atom is 0.407 e. The van der Waals surface area contributed by atoms with Crippen molar-refractivity contribution >= 4 is 23.9 Å². The highest BCUT2D eigenvalue weighted by Gasteiger charge is 2.49. The number of benzene rings is 4. The number of urea groups is 1. The van der Waals surface area contributed by atoms with Crippen LogP contribution in [0.15, 0.2) is 109 Å². The minimum absolute atomic E-state index is 0.0278. The van der Waals surface area contributed by atoms with Crippen LogP contribution >= 0.6 is 0 Å². The summed E-state index contributed by atoms with van der Waals surface area (Å²) in [6, 6.07) is 29.5. The smallest absolute Gasteiger partial charge is 0.407 e. The highest BCUT2D eigenvalue weighted by Crippen LogP contribution is 2.44. The number of hydrogen-bond donors (Lipinski definition) is 3. The largest absolute Gasteiger partial charge is 0.449 e. The molecule has 0 saturated carbocycles. The van der Waals surface area contributed by atoms with E-state index < -0.39 is 48.2 Å². The number of hydrogen-bond acceptors (Lipinski definition) is 6. The van der Waals surface area contributed by atoms with Crippen molar-refractivity contribution in [2.45, 2.75) is 63.4 Å². The Bertz CT molecular complexity index is 1840. The Kier molecular flexibility index (Phi) is 10.5. The number of nitrogens with zero attached hydrogens (tertiary/aromatic N) is 2. The molecule has 3 N–H and O–H groups in total. The first kappa shape index (κ1) is 35.3. The fraction of sp³-hybridized carbons (Fsp3) is 0.317. The molecule has 0 spiro atoms. The van der Waals surface area contributed by atoms with Gasteiger partial charge in [-0.1, -0.05) is 123 Å². The molecule has 4 aromatic rings. The van der Waals surface area contributed by atoms with Crippen molar-refractivity contribution in [3.8, 4) is 11.1 Å². The number of alkyl carbamates (subject to hydrolysis) is 1. The predicted molar refractivity (Wildman–Crippen MR) is 193 cm³/mol. The maximum atomic E-state index is 14.5. The Morgan fingerprint density at radius 3 is 1.94 bits per heavy atom. The normalized spacial score (nSPS) is 18.5. The van der Waals surface area contributed by atoms with Crippen molar-refractivity contribution in [2.24, 2.45) is 5.92 Å². The summed E-state index contributed by atoms with van der Waals surface area (Å²) < 4.78 is 5.75. The molecule has 1 fully saturated rings. The lowest BCUT2D eigenvalue weighted by atomic mass is 9.96. The van der Waals surface area contributed by atoms with E-state index in [-0.39, 0.29) is 30.9 Å². The topological polar surface area (TPSA) is 128 Å². The van der Waals surface area contributed by atoms with E-state index in [4.69, 9.17) is 4.74 Å². The third-order valence-corrected chi connectivity index (χ3v) is 9.91. The average Bonchev–Trinajstić information content (AvgIpc) is 3.58. The maximum absolute atomic E-state index is 14.5. The number of fused-ring (bicyclic) bond motifs is 3. The molecule has 10 heteroatoms. The Morgan fingerprint density at radius 1 is 0.804 bits per heavy atom. The van der Waals surface area contributed by atoms with E-state index in [9.17, 15) is 24.3 Å². The summed E-state index contributed by atoms with van der Waals surface area (Å²) in [5.74, 6) is -1.64. The monoisotopic (exact) mass is 688 g/mol. The first-order valence-corrected chi connectivity index (χ1v) is 17.4. The van der Waals surface area contributed by atoms with Gasteiger partial charge in [0.25, 0.3) is 5.91 Å². The van der Waals surface area contributed by atoms with Crippen LogP contribution in [0.25, 0.3) is 11.1 Å². The number of carbonyl (C=O) groups excluding carboxylic acids is 4. The Hall–Kier alpha value is -5.48. The van der Waals surface area contributed by atoms with Crippen molar-refractivity contribution in [2.75, 3.05) is 13.7 Å². The molecular formula is C41H44N4O6. The van der Waals surface area contributed by atoms with Crippen molar-refractivity contribution < 1.29 is 29.0 Å². The number of nitrogens with one attached hydrogen (secondary N) is 2. The molecule has 0 radical (unpaired) electrons. The lowest BCUT2D eigenvalue weighted by Gasteiger charge is -2.31. The van der Waals surface area contributed by atoms with Crippen LogP contribution in [-0.4, -0.2) is 70.6 Å². The van der Waals surface area contributed by atoms with Crippen LogP contribution in [-0.2, 0) is 14.3 Å². The molecule has 1 heterocycles. The van der Waals surface area contributed by atoms with E-state index in [1.807, 2.05) is 87.5 Å². The van der Waals surface area contributed by atoms with Crippen LogP contribution in [0.2, 0.25) is 0 Å². The Morgan fingerprint density at radius 2 is 1.35 bits per heavy atom. The minimum atomic E-state index is -1.55. The summed E-state index contributed by atoms with van der Waals surface area (Å²) in [5, 5.41) is 17.1. The van der Waals surface area contributed by atoms with Gasteiger partial charge in [-0.15, -0.1) is 0 Å². The van der Waals surface area contributed by atoms with Gasteiger partial charge in [-0.05, 0) is 52.6 Å². The van der Waals surface area contributed by atoms with Gasteiger partial charge in [0, 0.05) is 13.0 Å². The van der Waals surface area contributed by atoms with Gasteiger partial charge in [-0.25, -0.2) is 9.59 Å². The first-order valence-electron chi connectivity index (χ1n) is 17.4. The van der Waals surface area contributed by atoms with Gasteiger partial charge in [0.15, 0.2) is 0 Å². The number of amides is 5. The third-order valence-electron chi connectivity index (χ3n) is 9.91. The molecule has 10 nitrogen and oxygen atoms in total. The molecule has 0 aromatic heterocycles. The molecule has 51 heavy (non-hydrogen) atoms. The fourth-order valence-electron chi connectivity index (χ4n) is 7.21. The van der Waals surface area contributed by atoms with Crippen LogP contribution in [0, 0.1) is 5.92 Å². The number of carbonyl (C=O) groups is 4. The predicted octanol–water partition coefficient (Wildman–Crippen LogP) is 6.18. The van der Waals surface area contributed by atoms with Crippen LogP contribution in [0.3, 0.4) is 0 Å². The summed E-state index contributed by atoms with van der Waals surface area (Å²) in [6.45, 7) is 5.73. The Balaban J connectivity index is 1.23. The molecule has 0 bridgehead atoms. The molecule has 1 aliphatic heterocycles. The summed E-state index contributed by atoms with van der Waals surface area (Å²) in [6.07, 6.45) is -2.05. The van der Waals surface area contributed by atoms with Gasteiger partial charge in [0.05, 0.1) is 12.1 Å². The molecule has 6 rings (SSSR count). The minimum Gasteiger partial charge on any atom is -0.449 e. The zero-order valence-corrected chi connectivity index (χ0v) is 29.2. The number of likely N-dealkylation sites (N-methyl/N-ethyl adjacent to an activating group) is 1. The highest BCUT2D eigenvalue weighted by molar-refractivity contribution is 6.01. The molecule has 2 aliphatic rings. The van der Waals surface area contributed by atoms with E-state index in [0.29, 0.717) is 5.56 Å². The van der Waals surface area contributed by atoms with Gasteiger partial charge in [-0.2, -0.15) is 0 Å². The van der Waals surface area contributed by atoms with Crippen LogP contribution in [0.5, 0.6) is 0 Å². The van der Waals surface area contributed by atoms with Gasteiger partial charge in [0.2, 0.25) is 5.91 Å². The van der Waals surface area contributed by atoms with E-state index >= 15 is 0 Å². The summed E-state index contributed by atoms with van der Waals surface area (Å²) in [5.41, 5.74) is 5.43. The molecule has 1 aliphatic carbocycles. The van der Waals surface area contributed by atoms with Crippen LogP contribution < -0.4 is 10.6 Å². The standard InChI is InChI=1S/C41H44N4O6/c1-25(2)23-34(42-40(49)51-24-33-31-21-13-11-19-29(31)30-20-12-14-22-32(30)33)38(47)43-35(37(46)28-17-9-6-10-18-28)39(48)45-36(26(3)44(4)41(45)50)27-15-7-5-8-16-27/h5-22,25-26,33-37,46H,23-24H2,1-4H3,(H,42,49)(H,43,47)/t26-,34+,35+,36-,37-/m1/s1. The van der Waals surface area contributed by atoms with E-state index in [2.05, 4.69) is 22.8 Å². The summed E-state index contributed by atoms with van der Waals surface area (Å²) in [7, 11) is 1.62. The first-order chi connectivity index (χ1) is 24.6. The molecule has 264 valence electrons. The number of rotatable bonds is 11. The van der Waals surface area contributed by atoms with Crippen molar-refractivity contribution in [1.29, 1.82) is 0 Å². The highest BCUT2D eigenvalue weighted by atomic mass is 16.5. The SMILES string of the molecule is CC(C)C[C@H](NC(=O)OCC1c2ccccc2-c2ccccc21)C(=O)N[C@H](C(=O)N1C(=O)N(C)[C@H](C)[C@@H]1c1ccccc1)[C@H](O)c1ccccc1. The quantitative estimate of drug-likeness (QED) is 0.173. The molecule has 1 saturated heterocycles. The second kappa shape index (κ2) is 15.2. The zero-order chi connectivity index (χ0) is 36.2. The molecule has 4 aromatic carbocycles. The van der Waals surface area contributed by atoms with Gasteiger partial charge >= 0.3 is 12.1 Å². The average molecular weight is 689 g/mol. The molecule has 5 atom stereocenters. The van der Waals surface area contributed by atoms with Crippen molar-refractivity contribution in [1.82, 2.24) is 20.4 Å². The van der Waals surface area contributed by atoms with E-state index in [1.54, 1.807) is 37.4 Å².